The number of aryl methyl sites for hydroxylation is 1. The van der Waals surface area contributed by atoms with E-state index in [1.54, 1.807) is 0 Å². The second kappa shape index (κ2) is 10.1. The van der Waals surface area contributed by atoms with Gasteiger partial charge in [0, 0.05) is 23.4 Å². The van der Waals surface area contributed by atoms with Crippen molar-refractivity contribution in [1.29, 1.82) is 0 Å². The number of carbonyl (C=O) groups excluding carboxylic acids is 2. The van der Waals surface area contributed by atoms with Crippen LogP contribution in [0.3, 0.4) is 0 Å². The highest BCUT2D eigenvalue weighted by Crippen LogP contribution is 2.54. The molecule has 9 nitrogen and oxygen atoms in total. The Morgan fingerprint density at radius 1 is 1.02 bits per heavy atom. The van der Waals surface area contributed by atoms with Gasteiger partial charge in [0.05, 0.1) is 17.4 Å². The average Bonchev–Trinajstić information content (AvgIpc) is 3.75. The van der Waals surface area contributed by atoms with Crippen LogP contribution in [0.4, 0.5) is 0 Å². The number of imide groups is 1. The number of hydrogen-bond acceptors (Lipinski definition) is 6. The van der Waals surface area contributed by atoms with Gasteiger partial charge in [0.15, 0.2) is 0 Å². The molecule has 1 fully saturated rings. The van der Waals surface area contributed by atoms with Gasteiger partial charge in [-0.1, -0.05) is 86.2 Å². The van der Waals surface area contributed by atoms with Gasteiger partial charge >= 0.3 is 0 Å². The van der Waals surface area contributed by atoms with Crippen molar-refractivity contribution >= 4 is 11.8 Å². The number of rotatable bonds is 7. The number of imidazole rings is 1. The number of amides is 2. The molecule has 3 aliphatic rings. The molecule has 2 N–H and O–H groups in total. The Hall–Kier alpha value is -4.66. The quantitative estimate of drug-likeness (QED) is 0.318. The zero-order valence-corrected chi connectivity index (χ0v) is 22.8. The van der Waals surface area contributed by atoms with Crippen LogP contribution < -0.4 is 5.32 Å². The van der Waals surface area contributed by atoms with E-state index in [4.69, 9.17) is 4.98 Å². The van der Waals surface area contributed by atoms with Crippen molar-refractivity contribution < 1.29 is 9.59 Å². The van der Waals surface area contributed by atoms with E-state index in [9.17, 15) is 9.59 Å². The SMILES string of the molecule is CCCCc1cnc2n1C(c1ccc(-c3ccccc3-c3nn[nH]n3)cc1)CCC2C12C=CC=CC1C(=O)NC2=O. The molecule has 4 heterocycles. The van der Waals surface area contributed by atoms with Crippen LogP contribution >= 0.6 is 0 Å². The number of unbranched alkanes of at least 4 members (excludes halogenated alkanes) is 1. The summed E-state index contributed by atoms with van der Waals surface area (Å²) in [6.07, 6.45) is 14.2. The average molecular weight is 546 g/mol. The summed E-state index contributed by atoms with van der Waals surface area (Å²) in [5, 5.41) is 17.2. The van der Waals surface area contributed by atoms with E-state index >= 15 is 0 Å². The maximum Gasteiger partial charge on any atom is 0.238 e. The molecule has 9 heteroatoms. The molecule has 2 aliphatic heterocycles. The van der Waals surface area contributed by atoms with Crippen molar-refractivity contribution in [2.75, 3.05) is 0 Å². The summed E-state index contributed by atoms with van der Waals surface area (Å²) in [5.41, 5.74) is 4.46. The first-order valence-corrected chi connectivity index (χ1v) is 14.3. The maximum absolute atomic E-state index is 13.4. The number of nitrogens with one attached hydrogen (secondary N) is 2. The summed E-state index contributed by atoms with van der Waals surface area (Å²) < 4.78 is 2.36. The van der Waals surface area contributed by atoms with Crippen molar-refractivity contribution in [3.8, 4) is 22.5 Å². The van der Waals surface area contributed by atoms with Gasteiger partial charge in [0.25, 0.3) is 0 Å². The molecule has 206 valence electrons. The second-order valence-corrected chi connectivity index (χ2v) is 11.1. The smallest absolute Gasteiger partial charge is 0.238 e. The summed E-state index contributed by atoms with van der Waals surface area (Å²) in [6.45, 7) is 2.19. The fourth-order valence-electron chi connectivity index (χ4n) is 6.98. The Labute approximate surface area is 237 Å². The number of nitrogens with zero attached hydrogens (tertiary/aromatic N) is 5. The molecule has 2 aromatic carbocycles. The highest BCUT2D eigenvalue weighted by Gasteiger charge is 2.59. The minimum absolute atomic E-state index is 0.0928. The lowest BCUT2D eigenvalue weighted by Crippen LogP contribution is -2.43. The minimum Gasteiger partial charge on any atom is -0.324 e. The first-order valence-electron chi connectivity index (χ1n) is 14.3. The van der Waals surface area contributed by atoms with Gasteiger partial charge in [-0.15, -0.1) is 10.2 Å². The highest BCUT2D eigenvalue weighted by atomic mass is 16.2. The molecule has 4 unspecified atom stereocenters. The third-order valence-corrected chi connectivity index (χ3v) is 8.95. The van der Waals surface area contributed by atoms with Crippen LogP contribution in [0, 0.1) is 11.3 Å². The van der Waals surface area contributed by atoms with Crippen molar-refractivity contribution in [2.24, 2.45) is 11.3 Å². The Balaban J connectivity index is 1.27. The molecule has 7 rings (SSSR count). The first kappa shape index (κ1) is 25.3. The van der Waals surface area contributed by atoms with Crippen molar-refractivity contribution in [2.45, 2.75) is 51.0 Å². The van der Waals surface area contributed by atoms with Gasteiger partial charge in [-0.25, -0.2) is 4.98 Å². The third kappa shape index (κ3) is 3.98. The molecule has 41 heavy (non-hydrogen) atoms. The molecule has 4 atom stereocenters. The van der Waals surface area contributed by atoms with Gasteiger partial charge < -0.3 is 4.57 Å². The molecule has 1 saturated heterocycles. The maximum atomic E-state index is 13.4. The summed E-state index contributed by atoms with van der Waals surface area (Å²) in [4.78, 5) is 31.2. The number of tetrazole rings is 1. The number of aromatic nitrogens is 6. The van der Waals surface area contributed by atoms with Crippen molar-refractivity contribution in [3.63, 3.8) is 0 Å². The number of allylic oxidation sites excluding steroid dienone is 2. The van der Waals surface area contributed by atoms with Crippen LogP contribution in [-0.4, -0.2) is 42.0 Å². The van der Waals surface area contributed by atoms with Gasteiger partial charge in [-0.05, 0) is 47.6 Å². The minimum atomic E-state index is -0.940. The number of carbonyl (C=O) groups is 2. The fraction of sp³-hybridized carbons (Fsp3) is 0.312. The molecule has 0 saturated carbocycles. The van der Waals surface area contributed by atoms with Crippen molar-refractivity contribution in [3.05, 3.63) is 96.1 Å². The topological polar surface area (TPSA) is 118 Å². The van der Waals surface area contributed by atoms with E-state index in [-0.39, 0.29) is 23.8 Å². The van der Waals surface area contributed by atoms with Crippen LogP contribution in [-0.2, 0) is 16.0 Å². The van der Waals surface area contributed by atoms with Gasteiger partial charge in [-0.3, -0.25) is 14.9 Å². The lowest BCUT2D eigenvalue weighted by molar-refractivity contribution is -0.128. The molecule has 0 radical (unpaired) electrons. The van der Waals surface area contributed by atoms with Crippen LogP contribution in [0.5, 0.6) is 0 Å². The number of fused-ring (bicyclic) bond motifs is 2. The molecule has 1 aliphatic carbocycles. The molecular formula is C32H31N7O2. The Bertz CT molecular complexity index is 1670. The third-order valence-electron chi connectivity index (χ3n) is 8.95. The predicted molar refractivity (Wildman–Crippen MR) is 153 cm³/mol. The van der Waals surface area contributed by atoms with E-state index in [2.05, 4.69) is 67.8 Å². The molecular weight excluding hydrogens is 514 g/mol. The zero-order valence-electron chi connectivity index (χ0n) is 22.8. The Morgan fingerprint density at radius 3 is 2.63 bits per heavy atom. The zero-order chi connectivity index (χ0) is 28.0. The van der Waals surface area contributed by atoms with E-state index in [1.807, 2.05) is 48.7 Å². The van der Waals surface area contributed by atoms with Gasteiger partial charge in [0.1, 0.15) is 5.82 Å². The van der Waals surface area contributed by atoms with Crippen LogP contribution in [0.1, 0.15) is 61.6 Å². The summed E-state index contributed by atoms with van der Waals surface area (Å²) >= 11 is 0. The largest absolute Gasteiger partial charge is 0.324 e. The van der Waals surface area contributed by atoms with E-state index in [1.165, 1.54) is 11.3 Å². The number of H-pyrrole nitrogens is 1. The lowest BCUT2D eigenvalue weighted by atomic mass is 9.63. The van der Waals surface area contributed by atoms with Crippen LogP contribution in [0.25, 0.3) is 22.5 Å². The fourth-order valence-corrected chi connectivity index (χ4v) is 6.98. The summed E-state index contributed by atoms with van der Waals surface area (Å²) in [5.74, 6) is 0.320. The van der Waals surface area contributed by atoms with Gasteiger partial charge in [0.2, 0.25) is 17.6 Å². The molecule has 0 bridgehead atoms. The Morgan fingerprint density at radius 2 is 1.85 bits per heavy atom. The summed E-state index contributed by atoms with van der Waals surface area (Å²) in [7, 11) is 0. The van der Waals surface area contributed by atoms with Crippen molar-refractivity contribution in [1.82, 2.24) is 35.5 Å². The van der Waals surface area contributed by atoms with Crippen LogP contribution in [0.15, 0.2) is 79.0 Å². The highest BCUT2D eigenvalue weighted by molar-refractivity contribution is 6.10. The molecule has 4 aromatic rings. The first-order chi connectivity index (χ1) is 20.1. The number of benzene rings is 2. The standard InChI is InChI=1S/C32H31N7O2/c1-2-3-8-22-19-33-29-25(32-18-7-6-11-26(32)30(40)34-31(32)41)16-17-27(39(22)29)21-14-12-20(13-15-21)23-9-4-5-10-24(23)28-35-37-38-36-28/h4-7,9-15,18-19,25-27H,2-3,8,16-17H2,1H3,(H,34,40,41)(H,35,36,37,38). The lowest BCUT2D eigenvalue weighted by Gasteiger charge is -2.41. The normalized spacial score (nSPS) is 24.8. The monoisotopic (exact) mass is 545 g/mol. The molecule has 0 spiro atoms. The van der Waals surface area contributed by atoms with Crippen LogP contribution in [0.2, 0.25) is 0 Å². The number of aromatic amines is 1. The molecule has 2 aromatic heterocycles. The summed E-state index contributed by atoms with van der Waals surface area (Å²) in [6, 6.07) is 16.8. The number of hydrogen-bond donors (Lipinski definition) is 2. The predicted octanol–water partition coefficient (Wildman–Crippen LogP) is 4.92. The second-order valence-electron chi connectivity index (χ2n) is 11.1. The molecule has 2 amide bonds. The van der Waals surface area contributed by atoms with Gasteiger partial charge in [-0.2, -0.15) is 5.21 Å². The van der Waals surface area contributed by atoms with E-state index in [0.29, 0.717) is 5.82 Å². The Kier molecular flexibility index (Phi) is 6.22. The van der Waals surface area contributed by atoms with E-state index in [0.717, 1.165) is 54.6 Å². The van der Waals surface area contributed by atoms with E-state index < -0.39 is 11.3 Å².